The number of rotatable bonds is 6. The first-order valence-electron chi connectivity index (χ1n) is 3.20. The summed E-state index contributed by atoms with van der Waals surface area (Å²) in [5.74, 6) is -1.57. The molecule has 1 unspecified atom stereocenters. The molecule has 0 aliphatic carbocycles. The van der Waals surface area contributed by atoms with Crippen LogP contribution in [0.15, 0.2) is 0 Å². The van der Waals surface area contributed by atoms with Crippen molar-refractivity contribution in [3.05, 3.63) is 0 Å². The van der Waals surface area contributed by atoms with Crippen molar-refractivity contribution in [2.45, 2.75) is 6.42 Å². The van der Waals surface area contributed by atoms with Crippen LogP contribution in [0.1, 0.15) is 6.42 Å². The van der Waals surface area contributed by atoms with E-state index in [1.807, 2.05) is 0 Å². The standard InChI is InChI=1S/C6H11NO4/c7-3-5(6(9)10)1-2-11-4-8/h4-5H,1-3,7H2,(H,9,10). The number of nitrogens with two attached hydrogens (primary N) is 1. The minimum atomic E-state index is -0.956. The van der Waals surface area contributed by atoms with Crippen LogP contribution in [-0.4, -0.2) is 30.7 Å². The van der Waals surface area contributed by atoms with E-state index >= 15 is 0 Å². The molecule has 3 N–H and O–H groups in total. The zero-order valence-electron chi connectivity index (χ0n) is 6.03. The smallest absolute Gasteiger partial charge is 0.307 e. The maximum atomic E-state index is 10.3. The Bertz CT molecular complexity index is 137. The van der Waals surface area contributed by atoms with Gasteiger partial charge in [-0.25, -0.2) is 0 Å². The molecule has 0 saturated heterocycles. The number of carbonyl (C=O) groups is 2. The number of carboxylic acids is 1. The molecular weight excluding hydrogens is 150 g/mol. The zero-order chi connectivity index (χ0) is 8.69. The van der Waals surface area contributed by atoms with Gasteiger partial charge in [0.15, 0.2) is 0 Å². The van der Waals surface area contributed by atoms with Gasteiger partial charge in [0.05, 0.1) is 12.5 Å². The van der Waals surface area contributed by atoms with Crippen molar-refractivity contribution in [1.29, 1.82) is 0 Å². The van der Waals surface area contributed by atoms with Gasteiger partial charge in [-0.2, -0.15) is 0 Å². The highest BCUT2D eigenvalue weighted by Crippen LogP contribution is 2.00. The Morgan fingerprint density at radius 2 is 2.36 bits per heavy atom. The van der Waals surface area contributed by atoms with E-state index in [0.29, 0.717) is 0 Å². The van der Waals surface area contributed by atoms with E-state index in [1.165, 1.54) is 0 Å². The van der Waals surface area contributed by atoms with Crippen LogP contribution in [0.25, 0.3) is 0 Å². The molecule has 0 spiro atoms. The molecule has 64 valence electrons. The van der Waals surface area contributed by atoms with Gasteiger partial charge in [-0.05, 0) is 6.42 Å². The second-order valence-corrected chi connectivity index (χ2v) is 2.03. The first kappa shape index (κ1) is 9.90. The SMILES string of the molecule is NCC(CCOC=O)C(=O)O. The molecule has 1 atom stereocenters. The molecule has 0 aromatic heterocycles. The Balaban J connectivity index is 3.52. The average molecular weight is 161 g/mol. The van der Waals surface area contributed by atoms with Gasteiger partial charge in [0.2, 0.25) is 0 Å². The molecule has 0 saturated carbocycles. The molecule has 0 aliphatic rings. The van der Waals surface area contributed by atoms with Crippen LogP contribution < -0.4 is 5.73 Å². The minimum absolute atomic E-state index is 0.0670. The Morgan fingerprint density at radius 3 is 2.73 bits per heavy atom. The summed E-state index contributed by atoms with van der Waals surface area (Å²) in [6.07, 6.45) is 0.268. The maximum Gasteiger partial charge on any atom is 0.307 e. The number of carbonyl (C=O) groups excluding carboxylic acids is 1. The Kier molecular flexibility index (Phi) is 5.10. The second kappa shape index (κ2) is 5.67. The molecule has 11 heavy (non-hydrogen) atoms. The summed E-state index contributed by atoms with van der Waals surface area (Å²) < 4.78 is 4.32. The molecule has 0 amide bonds. The third kappa shape index (κ3) is 4.32. The summed E-state index contributed by atoms with van der Waals surface area (Å²) in [5, 5.41) is 8.45. The van der Waals surface area contributed by atoms with Gasteiger partial charge in [0.1, 0.15) is 0 Å². The fourth-order valence-corrected chi connectivity index (χ4v) is 0.601. The molecular formula is C6H11NO4. The molecule has 0 fully saturated rings. The van der Waals surface area contributed by atoms with Crippen molar-refractivity contribution >= 4 is 12.4 Å². The normalized spacial score (nSPS) is 12.1. The van der Waals surface area contributed by atoms with E-state index in [-0.39, 0.29) is 26.0 Å². The van der Waals surface area contributed by atoms with Gasteiger partial charge in [-0.1, -0.05) is 0 Å². The summed E-state index contributed by atoms with van der Waals surface area (Å²) in [4.78, 5) is 19.9. The topological polar surface area (TPSA) is 89.6 Å². The van der Waals surface area contributed by atoms with Gasteiger partial charge in [0, 0.05) is 6.54 Å². The molecule has 5 heteroatoms. The maximum absolute atomic E-state index is 10.3. The quantitative estimate of drug-likeness (QED) is 0.393. The van der Waals surface area contributed by atoms with Crippen LogP contribution in [0.2, 0.25) is 0 Å². The van der Waals surface area contributed by atoms with Crippen LogP contribution in [0.5, 0.6) is 0 Å². The highest BCUT2D eigenvalue weighted by Gasteiger charge is 2.14. The number of carboxylic acid groups (broad SMARTS) is 1. The van der Waals surface area contributed by atoms with Crippen molar-refractivity contribution in [3.63, 3.8) is 0 Å². The third-order valence-corrected chi connectivity index (χ3v) is 1.29. The number of hydrogen-bond donors (Lipinski definition) is 2. The predicted molar refractivity (Wildman–Crippen MR) is 36.8 cm³/mol. The second-order valence-electron chi connectivity index (χ2n) is 2.03. The van der Waals surface area contributed by atoms with Crippen LogP contribution in [0.3, 0.4) is 0 Å². The molecule has 0 bridgehead atoms. The zero-order valence-corrected chi connectivity index (χ0v) is 6.03. The third-order valence-electron chi connectivity index (χ3n) is 1.29. The lowest BCUT2D eigenvalue weighted by Crippen LogP contribution is -2.24. The van der Waals surface area contributed by atoms with Crippen LogP contribution in [0, 0.1) is 5.92 Å². The molecule has 0 radical (unpaired) electrons. The van der Waals surface area contributed by atoms with E-state index < -0.39 is 11.9 Å². The van der Waals surface area contributed by atoms with Gasteiger partial charge in [-0.15, -0.1) is 0 Å². The van der Waals surface area contributed by atoms with E-state index in [9.17, 15) is 9.59 Å². The lowest BCUT2D eigenvalue weighted by Gasteiger charge is -2.06. The molecule has 0 aromatic rings. The van der Waals surface area contributed by atoms with Crippen molar-refractivity contribution in [2.24, 2.45) is 11.7 Å². The van der Waals surface area contributed by atoms with Crippen molar-refractivity contribution in [1.82, 2.24) is 0 Å². The molecule has 0 aromatic carbocycles. The van der Waals surface area contributed by atoms with Gasteiger partial charge in [-0.3, -0.25) is 9.59 Å². The summed E-state index contributed by atoms with van der Waals surface area (Å²) in [5.41, 5.74) is 5.13. The monoisotopic (exact) mass is 161 g/mol. The summed E-state index contributed by atoms with van der Waals surface area (Å²) in [6.45, 7) is 0.463. The fraction of sp³-hybridized carbons (Fsp3) is 0.667. The Labute approximate surface area is 64.1 Å². The Hall–Kier alpha value is -1.10. The summed E-state index contributed by atoms with van der Waals surface area (Å²) >= 11 is 0. The first-order chi connectivity index (χ1) is 5.22. The molecule has 5 nitrogen and oxygen atoms in total. The minimum Gasteiger partial charge on any atom is -0.481 e. The number of aliphatic carboxylic acids is 1. The van der Waals surface area contributed by atoms with E-state index in [2.05, 4.69) is 4.74 Å². The van der Waals surface area contributed by atoms with E-state index in [4.69, 9.17) is 10.8 Å². The highest BCUT2D eigenvalue weighted by molar-refractivity contribution is 5.70. The van der Waals surface area contributed by atoms with E-state index in [1.54, 1.807) is 0 Å². The van der Waals surface area contributed by atoms with Crippen molar-refractivity contribution in [2.75, 3.05) is 13.2 Å². The van der Waals surface area contributed by atoms with Crippen molar-refractivity contribution < 1.29 is 19.4 Å². The van der Waals surface area contributed by atoms with Crippen molar-refractivity contribution in [3.8, 4) is 0 Å². The average Bonchev–Trinajstić information content (AvgIpc) is 1.97. The lowest BCUT2D eigenvalue weighted by molar-refractivity contribution is -0.143. The predicted octanol–water partition coefficient (Wildman–Crippen LogP) is -0.791. The number of ether oxygens (including phenoxy) is 1. The number of hydrogen-bond acceptors (Lipinski definition) is 4. The van der Waals surface area contributed by atoms with Gasteiger partial charge >= 0.3 is 5.97 Å². The van der Waals surface area contributed by atoms with Gasteiger partial charge < -0.3 is 15.6 Å². The van der Waals surface area contributed by atoms with Gasteiger partial charge in [0.25, 0.3) is 6.47 Å². The molecule has 0 aliphatic heterocycles. The molecule has 0 heterocycles. The first-order valence-corrected chi connectivity index (χ1v) is 3.20. The summed E-state index contributed by atoms with van der Waals surface area (Å²) in [7, 11) is 0. The van der Waals surface area contributed by atoms with Crippen LogP contribution in [0.4, 0.5) is 0 Å². The fourth-order valence-electron chi connectivity index (χ4n) is 0.601. The highest BCUT2D eigenvalue weighted by atomic mass is 16.5. The Morgan fingerprint density at radius 1 is 1.73 bits per heavy atom. The molecule has 0 rings (SSSR count). The largest absolute Gasteiger partial charge is 0.481 e. The summed E-state index contributed by atoms with van der Waals surface area (Å²) in [6, 6.07) is 0. The van der Waals surface area contributed by atoms with E-state index in [0.717, 1.165) is 0 Å². The van der Waals surface area contributed by atoms with Crippen LogP contribution in [-0.2, 0) is 14.3 Å². The van der Waals surface area contributed by atoms with Crippen LogP contribution >= 0.6 is 0 Å². The lowest BCUT2D eigenvalue weighted by atomic mass is 10.1.